The highest BCUT2D eigenvalue weighted by molar-refractivity contribution is 5.46. The highest BCUT2D eigenvalue weighted by Crippen LogP contribution is 2.34. The number of benzene rings is 1. The highest BCUT2D eigenvalue weighted by atomic mass is 16.6. The summed E-state index contributed by atoms with van der Waals surface area (Å²) < 4.78 is 5.63. The molecule has 0 amide bonds. The van der Waals surface area contributed by atoms with E-state index in [1.54, 1.807) is 12.1 Å². The van der Waals surface area contributed by atoms with E-state index in [4.69, 9.17) is 10.5 Å². The molecule has 1 atom stereocenters. The maximum atomic E-state index is 11.0. The second kappa shape index (κ2) is 6.17. The Morgan fingerprint density at radius 2 is 2.14 bits per heavy atom. The molecule has 2 N–H and O–H groups in total. The van der Waals surface area contributed by atoms with Crippen molar-refractivity contribution in [3.8, 4) is 11.6 Å². The molecule has 1 aromatic heterocycles. The monoisotopic (exact) mass is 288 g/mol. The molecule has 0 fully saturated rings. The van der Waals surface area contributed by atoms with Crippen molar-refractivity contribution >= 4 is 11.6 Å². The zero-order valence-corrected chi connectivity index (χ0v) is 11.8. The Labute approximate surface area is 121 Å². The fraction of sp³-hybridized carbons (Fsp3) is 0.286. The maximum Gasteiger partial charge on any atom is 0.349 e. The lowest BCUT2D eigenvalue weighted by molar-refractivity contribution is -0.386. The third kappa shape index (κ3) is 3.25. The number of rotatable bonds is 5. The number of hydrogen-bond donors (Lipinski definition) is 1. The molecule has 110 valence electrons. The smallest absolute Gasteiger partial charge is 0.349 e. The van der Waals surface area contributed by atoms with Crippen LogP contribution >= 0.6 is 0 Å². The number of nitrogen functional groups attached to an aromatic ring is 1. The van der Waals surface area contributed by atoms with Gasteiger partial charge in [0.2, 0.25) is 5.95 Å². The summed E-state index contributed by atoms with van der Waals surface area (Å²) in [4.78, 5) is 17.8. The van der Waals surface area contributed by atoms with Gasteiger partial charge >= 0.3 is 11.6 Å². The van der Waals surface area contributed by atoms with Crippen molar-refractivity contribution in [3.05, 3.63) is 46.1 Å². The SMILES string of the molecule is CCC(C)c1ccccc1Oc1nc(N)ncc1[N+](=O)[O-]. The molecule has 0 aliphatic rings. The molecule has 0 saturated heterocycles. The zero-order chi connectivity index (χ0) is 15.4. The molecule has 0 bridgehead atoms. The summed E-state index contributed by atoms with van der Waals surface area (Å²) in [5.41, 5.74) is 6.13. The first-order valence-electron chi connectivity index (χ1n) is 6.56. The molecule has 21 heavy (non-hydrogen) atoms. The van der Waals surface area contributed by atoms with E-state index < -0.39 is 4.92 Å². The molecule has 0 radical (unpaired) electrons. The molecule has 0 saturated carbocycles. The summed E-state index contributed by atoms with van der Waals surface area (Å²) in [6.07, 6.45) is 1.97. The van der Waals surface area contributed by atoms with Crippen LogP contribution in [0.2, 0.25) is 0 Å². The van der Waals surface area contributed by atoms with E-state index in [0.29, 0.717) is 5.75 Å². The van der Waals surface area contributed by atoms with Gasteiger partial charge in [0.25, 0.3) is 0 Å². The fourth-order valence-corrected chi connectivity index (χ4v) is 1.88. The van der Waals surface area contributed by atoms with Gasteiger partial charge in [-0.3, -0.25) is 10.1 Å². The number of aromatic nitrogens is 2. The van der Waals surface area contributed by atoms with Crippen molar-refractivity contribution in [1.82, 2.24) is 9.97 Å². The van der Waals surface area contributed by atoms with Crippen molar-refractivity contribution < 1.29 is 9.66 Å². The Bertz CT molecular complexity index is 660. The minimum atomic E-state index is -0.597. The Morgan fingerprint density at radius 3 is 2.81 bits per heavy atom. The topological polar surface area (TPSA) is 104 Å². The number of nitrogens with zero attached hydrogens (tertiary/aromatic N) is 3. The lowest BCUT2D eigenvalue weighted by Gasteiger charge is -2.14. The molecule has 1 unspecified atom stereocenters. The van der Waals surface area contributed by atoms with Crippen LogP contribution in [-0.4, -0.2) is 14.9 Å². The molecule has 7 nitrogen and oxygen atoms in total. The standard InChI is InChI=1S/C14H16N4O3/c1-3-9(2)10-6-4-5-7-12(10)21-13-11(18(19)20)8-16-14(15)17-13/h4-9H,3H2,1-2H3,(H2,15,16,17). The molecular weight excluding hydrogens is 272 g/mol. The molecule has 7 heteroatoms. The van der Waals surface area contributed by atoms with E-state index in [2.05, 4.69) is 23.8 Å². The average Bonchev–Trinajstić information content (AvgIpc) is 2.47. The number of anilines is 1. The minimum Gasteiger partial charge on any atom is -0.433 e. The van der Waals surface area contributed by atoms with Crippen LogP contribution in [0, 0.1) is 10.1 Å². The Balaban J connectivity index is 2.43. The number of nitro groups is 1. The first kappa shape index (κ1) is 14.7. The molecule has 2 aromatic rings. The van der Waals surface area contributed by atoms with E-state index in [1.807, 2.05) is 12.1 Å². The van der Waals surface area contributed by atoms with Gasteiger partial charge in [0.15, 0.2) is 0 Å². The van der Waals surface area contributed by atoms with E-state index in [-0.39, 0.29) is 23.4 Å². The van der Waals surface area contributed by atoms with Crippen molar-refractivity contribution in [2.45, 2.75) is 26.2 Å². The molecule has 0 spiro atoms. The van der Waals surface area contributed by atoms with Crippen molar-refractivity contribution in [3.63, 3.8) is 0 Å². The van der Waals surface area contributed by atoms with E-state index in [9.17, 15) is 10.1 Å². The molecule has 1 heterocycles. The fourth-order valence-electron chi connectivity index (χ4n) is 1.88. The van der Waals surface area contributed by atoms with E-state index in [0.717, 1.165) is 18.2 Å². The maximum absolute atomic E-state index is 11.0. The van der Waals surface area contributed by atoms with Crippen molar-refractivity contribution in [2.75, 3.05) is 5.73 Å². The number of nitrogens with two attached hydrogens (primary N) is 1. The lowest BCUT2D eigenvalue weighted by atomic mass is 9.98. The number of hydrogen-bond acceptors (Lipinski definition) is 6. The molecule has 0 aliphatic carbocycles. The summed E-state index contributed by atoms with van der Waals surface area (Å²) in [6, 6.07) is 7.39. The highest BCUT2D eigenvalue weighted by Gasteiger charge is 2.20. The summed E-state index contributed by atoms with van der Waals surface area (Å²) >= 11 is 0. The Kier molecular flexibility index (Phi) is 4.32. The lowest BCUT2D eigenvalue weighted by Crippen LogP contribution is -2.03. The summed E-state index contributed by atoms with van der Waals surface area (Å²) in [5, 5.41) is 11.0. The van der Waals surface area contributed by atoms with Gasteiger partial charge in [-0.15, -0.1) is 0 Å². The second-order valence-electron chi connectivity index (χ2n) is 4.62. The van der Waals surface area contributed by atoms with Crippen LogP contribution in [-0.2, 0) is 0 Å². The van der Waals surface area contributed by atoms with Gasteiger partial charge in [-0.2, -0.15) is 4.98 Å². The molecule has 2 rings (SSSR count). The van der Waals surface area contributed by atoms with Crippen LogP contribution in [0.25, 0.3) is 0 Å². The van der Waals surface area contributed by atoms with Gasteiger partial charge in [0.05, 0.1) is 4.92 Å². The Morgan fingerprint density at radius 1 is 1.43 bits per heavy atom. The van der Waals surface area contributed by atoms with Crippen LogP contribution in [0.4, 0.5) is 11.6 Å². The second-order valence-corrected chi connectivity index (χ2v) is 4.62. The zero-order valence-electron chi connectivity index (χ0n) is 11.8. The van der Waals surface area contributed by atoms with Crippen LogP contribution in [0.5, 0.6) is 11.6 Å². The van der Waals surface area contributed by atoms with Gasteiger partial charge < -0.3 is 10.5 Å². The van der Waals surface area contributed by atoms with Gasteiger partial charge in [-0.1, -0.05) is 32.0 Å². The van der Waals surface area contributed by atoms with Gasteiger partial charge in [0, 0.05) is 0 Å². The van der Waals surface area contributed by atoms with Gasteiger partial charge in [-0.25, -0.2) is 4.98 Å². The predicted octanol–water partition coefficient (Wildman–Crippen LogP) is 3.27. The van der Waals surface area contributed by atoms with E-state index >= 15 is 0 Å². The third-order valence-corrected chi connectivity index (χ3v) is 3.22. The largest absolute Gasteiger partial charge is 0.433 e. The third-order valence-electron chi connectivity index (χ3n) is 3.22. The van der Waals surface area contributed by atoms with Crippen molar-refractivity contribution in [2.24, 2.45) is 0 Å². The first-order valence-corrected chi connectivity index (χ1v) is 6.56. The molecule has 1 aromatic carbocycles. The van der Waals surface area contributed by atoms with Crippen LogP contribution in [0.15, 0.2) is 30.5 Å². The number of para-hydroxylation sites is 1. The van der Waals surface area contributed by atoms with Crippen LogP contribution < -0.4 is 10.5 Å². The summed E-state index contributed by atoms with van der Waals surface area (Å²) in [6.45, 7) is 4.12. The van der Waals surface area contributed by atoms with Crippen molar-refractivity contribution in [1.29, 1.82) is 0 Å². The van der Waals surface area contributed by atoms with Crippen LogP contribution in [0.3, 0.4) is 0 Å². The Hall–Kier alpha value is -2.70. The predicted molar refractivity (Wildman–Crippen MR) is 78.3 cm³/mol. The van der Waals surface area contributed by atoms with Gasteiger partial charge in [-0.05, 0) is 24.0 Å². The summed E-state index contributed by atoms with van der Waals surface area (Å²) in [5.74, 6) is 0.576. The minimum absolute atomic E-state index is 0.0726. The quantitative estimate of drug-likeness (QED) is 0.668. The van der Waals surface area contributed by atoms with Crippen LogP contribution in [0.1, 0.15) is 31.7 Å². The molecular formula is C14H16N4O3. The first-order chi connectivity index (χ1) is 10.0. The van der Waals surface area contributed by atoms with E-state index in [1.165, 1.54) is 0 Å². The normalized spacial score (nSPS) is 11.9. The summed E-state index contributed by atoms with van der Waals surface area (Å²) in [7, 11) is 0. The number of ether oxygens (including phenoxy) is 1. The van der Waals surface area contributed by atoms with Gasteiger partial charge in [0.1, 0.15) is 11.9 Å². The average molecular weight is 288 g/mol. The molecule has 0 aliphatic heterocycles.